The molecule has 0 aliphatic carbocycles. The third-order valence-corrected chi connectivity index (χ3v) is 6.37. The summed E-state index contributed by atoms with van der Waals surface area (Å²) in [5, 5.41) is 7.34. The summed E-state index contributed by atoms with van der Waals surface area (Å²) in [4.78, 5) is 14.2. The Morgan fingerprint density at radius 3 is 2.33 bits per heavy atom. The highest BCUT2D eigenvalue weighted by Gasteiger charge is 2.52. The molecule has 0 spiro atoms. The van der Waals surface area contributed by atoms with Crippen LogP contribution in [0.3, 0.4) is 0 Å². The first-order valence-electron chi connectivity index (χ1n) is 10.4. The van der Waals surface area contributed by atoms with Gasteiger partial charge in [-0.25, -0.2) is 9.18 Å². The van der Waals surface area contributed by atoms with Crippen LogP contribution in [0, 0.1) is 5.82 Å². The van der Waals surface area contributed by atoms with E-state index in [9.17, 15) is 9.18 Å². The SMILES string of the molecule is CC1(C)OB(c2cnn(C3CCN(C(=O)Nc4ccc(F)cc4)CC3)c2)OC1(C)C. The summed E-state index contributed by atoms with van der Waals surface area (Å²) < 4.78 is 27.2. The van der Waals surface area contributed by atoms with Gasteiger partial charge in [-0.15, -0.1) is 0 Å². The number of amides is 2. The van der Waals surface area contributed by atoms with E-state index < -0.39 is 7.12 Å². The molecule has 9 heteroatoms. The minimum absolute atomic E-state index is 0.168. The minimum Gasteiger partial charge on any atom is -0.399 e. The Morgan fingerprint density at radius 1 is 1.13 bits per heavy atom. The molecule has 7 nitrogen and oxygen atoms in total. The van der Waals surface area contributed by atoms with Crippen LogP contribution in [0.25, 0.3) is 0 Å². The van der Waals surface area contributed by atoms with E-state index in [1.54, 1.807) is 23.2 Å². The normalized spacial score (nSPS) is 21.1. The highest BCUT2D eigenvalue weighted by Crippen LogP contribution is 2.36. The van der Waals surface area contributed by atoms with E-state index in [-0.39, 0.29) is 29.1 Å². The second kappa shape index (κ2) is 7.70. The lowest BCUT2D eigenvalue weighted by atomic mass is 9.82. The Kier molecular flexibility index (Phi) is 5.36. The van der Waals surface area contributed by atoms with Crippen LogP contribution < -0.4 is 10.8 Å². The van der Waals surface area contributed by atoms with Gasteiger partial charge in [-0.3, -0.25) is 4.68 Å². The van der Waals surface area contributed by atoms with Crippen molar-refractivity contribution in [3.63, 3.8) is 0 Å². The molecule has 0 atom stereocenters. The van der Waals surface area contributed by atoms with Crippen molar-refractivity contribution in [2.75, 3.05) is 18.4 Å². The summed E-state index contributed by atoms with van der Waals surface area (Å²) >= 11 is 0. The van der Waals surface area contributed by atoms with Crippen molar-refractivity contribution in [3.8, 4) is 0 Å². The number of hydrogen-bond acceptors (Lipinski definition) is 4. The zero-order valence-corrected chi connectivity index (χ0v) is 17.9. The number of rotatable bonds is 3. The average molecular weight is 414 g/mol. The molecule has 3 heterocycles. The molecule has 0 saturated carbocycles. The van der Waals surface area contributed by atoms with Crippen molar-refractivity contribution < 1.29 is 18.5 Å². The summed E-state index contributed by atoms with van der Waals surface area (Å²) in [6.45, 7) is 9.38. The number of urea groups is 1. The number of anilines is 1. The lowest BCUT2D eigenvalue weighted by molar-refractivity contribution is 0.00578. The monoisotopic (exact) mass is 414 g/mol. The lowest BCUT2D eigenvalue weighted by Gasteiger charge is -2.32. The predicted molar refractivity (Wildman–Crippen MR) is 113 cm³/mol. The molecule has 0 radical (unpaired) electrons. The maximum atomic E-state index is 13.0. The van der Waals surface area contributed by atoms with Gasteiger partial charge in [-0.2, -0.15) is 5.10 Å². The molecule has 0 bridgehead atoms. The van der Waals surface area contributed by atoms with Gasteiger partial charge < -0.3 is 19.5 Å². The van der Waals surface area contributed by atoms with Crippen LogP contribution in [0.1, 0.15) is 46.6 Å². The molecule has 1 aromatic carbocycles. The predicted octanol–water partition coefficient (Wildman–Crippen LogP) is 3.19. The second-order valence-corrected chi connectivity index (χ2v) is 9.00. The van der Waals surface area contributed by atoms with Crippen molar-refractivity contribution in [2.45, 2.75) is 57.8 Å². The van der Waals surface area contributed by atoms with Gasteiger partial charge in [-0.1, -0.05) is 0 Å². The number of nitrogens with zero attached hydrogens (tertiary/aromatic N) is 3. The fourth-order valence-corrected chi connectivity index (χ4v) is 3.72. The van der Waals surface area contributed by atoms with E-state index in [1.165, 1.54) is 12.1 Å². The molecule has 2 aromatic rings. The smallest absolute Gasteiger partial charge is 0.399 e. The summed E-state index contributed by atoms with van der Waals surface area (Å²) in [5.74, 6) is -0.326. The lowest BCUT2D eigenvalue weighted by Crippen LogP contribution is -2.41. The number of carbonyl (C=O) groups excluding carboxylic acids is 1. The Balaban J connectivity index is 1.33. The van der Waals surface area contributed by atoms with E-state index in [0.717, 1.165) is 18.3 Å². The van der Waals surface area contributed by atoms with Gasteiger partial charge in [0, 0.05) is 36.6 Å². The van der Waals surface area contributed by atoms with Gasteiger partial charge >= 0.3 is 13.1 Å². The fraction of sp³-hybridized carbons (Fsp3) is 0.524. The summed E-state index contributed by atoms with van der Waals surface area (Å²) in [5.41, 5.74) is 0.721. The molecule has 2 fully saturated rings. The van der Waals surface area contributed by atoms with Crippen LogP contribution in [-0.2, 0) is 9.31 Å². The van der Waals surface area contributed by atoms with Gasteiger partial charge in [-0.05, 0) is 64.8 Å². The maximum Gasteiger partial charge on any atom is 0.498 e. The van der Waals surface area contributed by atoms with E-state index in [4.69, 9.17) is 9.31 Å². The van der Waals surface area contributed by atoms with E-state index in [2.05, 4.69) is 10.4 Å². The Morgan fingerprint density at radius 2 is 1.73 bits per heavy atom. The summed E-state index contributed by atoms with van der Waals surface area (Å²) in [7, 11) is -0.426. The van der Waals surface area contributed by atoms with Gasteiger partial charge in [0.1, 0.15) is 5.82 Å². The standard InChI is InChI=1S/C21H28BFN4O3/c1-20(2)21(3,4)30-22(29-20)15-13-24-27(14-15)18-9-11-26(12-10-18)19(28)25-17-7-5-16(23)6-8-17/h5-8,13-14,18H,9-12H2,1-4H3,(H,25,28). The number of halogens is 1. The zero-order valence-electron chi connectivity index (χ0n) is 17.9. The fourth-order valence-electron chi connectivity index (χ4n) is 3.72. The van der Waals surface area contributed by atoms with Gasteiger partial charge in [0.25, 0.3) is 0 Å². The quantitative estimate of drug-likeness (QED) is 0.784. The van der Waals surface area contributed by atoms with Crippen molar-refractivity contribution in [2.24, 2.45) is 0 Å². The molecular formula is C21H28BFN4O3. The number of hydrogen-bond donors (Lipinski definition) is 1. The summed E-state index contributed by atoms with van der Waals surface area (Å²) in [6.07, 6.45) is 5.40. The van der Waals surface area contributed by atoms with Crippen molar-refractivity contribution in [1.82, 2.24) is 14.7 Å². The largest absolute Gasteiger partial charge is 0.498 e. The number of likely N-dealkylation sites (tertiary alicyclic amines) is 1. The maximum absolute atomic E-state index is 13.0. The first-order valence-corrected chi connectivity index (χ1v) is 10.4. The van der Waals surface area contributed by atoms with Crippen LogP contribution in [-0.4, -0.2) is 52.1 Å². The number of piperidine rings is 1. The minimum atomic E-state index is -0.426. The van der Waals surface area contributed by atoms with Gasteiger partial charge in [0.05, 0.1) is 17.2 Å². The van der Waals surface area contributed by atoms with E-state index >= 15 is 0 Å². The van der Waals surface area contributed by atoms with Crippen molar-refractivity contribution >= 4 is 24.3 Å². The number of carbonyl (C=O) groups is 1. The van der Waals surface area contributed by atoms with E-state index in [1.807, 2.05) is 38.6 Å². The van der Waals surface area contributed by atoms with Crippen LogP contribution in [0.2, 0.25) is 0 Å². The van der Waals surface area contributed by atoms with Crippen LogP contribution in [0.15, 0.2) is 36.7 Å². The third-order valence-electron chi connectivity index (χ3n) is 6.37. The number of aromatic nitrogens is 2. The second-order valence-electron chi connectivity index (χ2n) is 9.00. The highest BCUT2D eigenvalue weighted by molar-refractivity contribution is 6.62. The molecule has 2 aliphatic rings. The first-order chi connectivity index (χ1) is 14.1. The topological polar surface area (TPSA) is 68.6 Å². The highest BCUT2D eigenvalue weighted by atomic mass is 19.1. The molecular weight excluding hydrogens is 386 g/mol. The van der Waals surface area contributed by atoms with Crippen molar-refractivity contribution in [1.29, 1.82) is 0 Å². The molecule has 0 unspecified atom stereocenters. The molecule has 2 saturated heterocycles. The molecule has 1 aromatic heterocycles. The molecule has 4 rings (SSSR count). The van der Waals surface area contributed by atoms with Gasteiger partial charge in [0.2, 0.25) is 0 Å². The molecule has 160 valence electrons. The van der Waals surface area contributed by atoms with Crippen LogP contribution in [0.4, 0.5) is 14.9 Å². The Bertz CT molecular complexity index is 891. The zero-order chi connectivity index (χ0) is 21.5. The van der Waals surface area contributed by atoms with Crippen molar-refractivity contribution in [3.05, 3.63) is 42.5 Å². The molecule has 2 amide bonds. The van der Waals surface area contributed by atoms with E-state index in [0.29, 0.717) is 18.8 Å². The number of nitrogens with one attached hydrogen (secondary N) is 1. The van der Waals surface area contributed by atoms with Crippen LogP contribution in [0.5, 0.6) is 0 Å². The van der Waals surface area contributed by atoms with Crippen LogP contribution >= 0.6 is 0 Å². The first kappa shape index (κ1) is 20.9. The third kappa shape index (κ3) is 4.09. The van der Waals surface area contributed by atoms with Gasteiger partial charge in [0.15, 0.2) is 0 Å². The molecule has 30 heavy (non-hydrogen) atoms. The Labute approximate surface area is 176 Å². The molecule has 2 aliphatic heterocycles. The number of benzene rings is 1. The molecule has 1 N–H and O–H groups in total. The average Bonchev–Trinajstić information content (AvgIpc) is 3.26. The summed E-state index contributed by atoms with van der Waals surface area (Å²) in [6, 6.07) is 5.82. The Hall–Kier alpha value is -2.39.